The van der Waals surface area contributed by atoms with Gasteiger partial charge in [-0.05, 0) is 43.3 Å². The number of esters is 1. The lowest BCUT2D eigenvalue weighted by atomic mass is 10.2. The van der Waals surface area contributed by atoms with E-state index in [0.717, 1.165) is 10.6 Å². The van der Waals surface area contributed by atoms with Gasteiger partial charge in [0, 0.05) is 17.1 Å². The van der Waals surface area contributed by atoms with Gasteiger partial charge in [-0.15, -0.1) is 11.3 Å². The fourth-order valence-electron chi connectivity index (χ4n) is 2.11. The zero-order valence-electron chi connectivity index (χ0n) is 13.4. The summed E-state index contributed by atoms with van der Waals surface area (Å²) in [7, 11) is 0. The van der Waals surface area contributed by atoms with Crippen LogP contribution < -0.4 is 4.74 Å². The molecule has 0 N–H and O–H groups in total. The van der Waals surface area contributed by atoms with Crippen LogP contribution in [0.5, 0.6) is 5.88 Å². The van der Waals surface area contributed by atoms with Gasteiger partial charge in [0.05, 0.1) is 12.3 Å². The van der Waals surface area contributed by atoms with Crippen LogP contribution in [0.4, 0.5) is 4.39 Å². The molecule has 5 nitrogen and oxygen atoms in total. The number of hydrogen-bond acceptors (Lipinski definition) is 6. The van der Waals surface area contributed by atoms with E-state index in [1.165, 1.54) is 23.5 Å². The topological polar surface area (TPSA) is 61.3 Å². The second kappa shape index (κ2) is 7.85. The molecule has 2 heterocycles. The Morgan fingerprint density at radius 1 is 1.24 bits per heavy atom. The quantitative estimate of drug-likeness (QED) is 0.621. The van der Waals surface area contributed by atoms with Gasteiger partial charge in [-0.1, -0.05) is 0 Å². The van der Waals surface area contributed by atoms with Crippen molar-refractivity contribution in [3.63, 3.8) is 0 Å². The average Bonchev–Trinajstić information content (AvgIpc) is 3.10. The number of rotatable bonds is 6. The lowest BCUT2D eigenvalue weighted by molar-refractivity contribution is 0.0463. The molecule has 7 heteroatoms. The normalized spacial score (nSPS) is 10.5. The number of thiazole rings is 1. The van der Waals surface area contributed by atoms with Crippen LogP contribution in [0.15, 0.2) is 48.0 Å². The van der Waals surface area contributed by atoms with E-state index in [0.29, 0.717) is 12.3 Å². The van der Waals surface area contributed by atoms with Crippen molar-refractivity contribution in [1.29, 1.82) is 0 Å². The molecule has 0 bridgehead atoms. The molecular weight excluding hydrogens is 343 g/mol. The standard InChI is InChI=1S/C18H15FN2O3S/c1-2-23-16-15(4-3-9-20-16)18(22)24-10-14-11-25-17(21-14)12-5-7-13(19)8-6-12/h3-9,11H,2,10H2,1H3. The minimum absolute atomic E-state index is 0.0387. The maximum Gasteiger partial charge on any atom is 0.344 e. The van der Waals surface area contributed by atoms with E-state index in [1.807, 2.05) is 6.92 Å². The van der Waals surface area contributed by atoms with Gasteiger partial charge in [0.1, 0.15) is 23.0 Å². The van der Waals surface area contributed by atoms with E-state index in [2.05, 4.69) is 9.97 Å². The number of pyridine rings is 1. The van der Waals surface area contributed by atoms with Gasteiger partial charge < -0.3 is 9.47 Å². The molecule has 1 aromatic carbocycles. The van der Waals surface area contributed by atoms with Crippen LogP contribution >= 0.6 is 11.3 Å². The Balaban J connectivity index is 1.66. The van der Waals surface area contributed by atoms with Crippen LogP contribution in [0.3, 0.4) is 0 Å². The van der Waals surface area contributed by atoms with Crippen molar-refractivity contribution >= 4 is 17.3 Å². The molecule has 0 atom stereocenters. The van der Waals surface area contributed by atoms with Gasteiger partial charge in [-0.25, -0.2) is 19.2 Å². The summed E-state index contributed by atoms with van der Waals surface area (Å²) < 4.78 is 23.6. The fraction of sp³-hybridized carbons (Fsp3) is 0.167. The Kier molecular flexibility index (Phi) is 5.35. The average molecular weight is 358 g/mol. The first-order valence-corrected chi connectivity index (χ1v) is 8.50. The summed E-state index contributed by atoms with van der Waals surface area (Å²) in [6.07, 6.45) is 1.55. The summed E-state index contributed by atoms with van der Waals surface area (Å²) in [6.45, 7) is 2.26. The van der Waals surface area contributed by atoms with Gasteiger partial charge in [-0.3, -0.25) is 0 Å². The van der Waals surface area contributed by atoms with Crippen molar-refractivity contribution in [2.75, 3.05) is 6.61 Å². The first-order chi connectivity index (χ1) is 12.2. The van der Waals surface area contributed by atoms with Crippen LogP contribution in [0.25, 0.3) is 10.6 Å². The first kappa shape index (κ1) is 17.0. The van der Waals surface area contributed by atoms with Crippen molar-refractivity contribution in [3.05, 3.63) is 65.0 Å². The molecule has 0 fully saturated rings. The number of ether oxygens (including phenoxy) is 2. The van der Waals surface area contributed by atoms with Gasteiger partial charge in [0.15, 0.2) is 0 Å². The Hall–Kier alpha value is -2.80. The molecule has 0 aliphatic carbocycles. The molecule has 128 valence electrons. The molecule has 0 saturated heterocycles. The Morgan fingerprint density at radius 3 is 2.80 bits per heavy atom. The smallest absolute Gasteiger partial charge is 0.344 e. The number of halogens is 1. The van der Waals surface area contributed by atoms with Crippen LogP contribution in [0.1, 0.15) is 23.0 Å². The SMILES string of the molecule is CCOc1ncccc1C(=O)OCc1csc(-c2ccc(F)cc2)n1. The van der Waals surface area contributed by atoms with Gasteiger partial charge >= 0.3 is 5.97 Å². The summed E-state index contributed by atoms with van der Waals surface area (Å²) in [5.41, 5.74) is 1.72. The molecule has 0 unspecified atom stereocenters. The van der Waals surface area contributed by atoms with Gasteiger partial charge in [0.25, 0.3) is 0 Å². The lowest BCUT2D eigenvalue weighted by Crippen LogP contribution is -2.09. The van der Waals surface area contributed by atoms with Crippen molar-refractivity contribution < 1.29 is 18.7 Å². The molecule has 0 radical (unpaired) electrons. The number of benzene rings is 1. The van der Waals surface area contributed by atoms with Crippen LogP contribution in [-0.2, 0) is 11.3 Å². The third-order valence-electron chi connectivity index (χ3n) is 3.27. The summed E-state index contributed by atoms with van der Waals surface area (Å²) in [5.74, 6) is -0.566. The van der Waals surface area contributed by atoms with Crippen LogP contribution in [0.2, 0.25) is 0 Å². The zero-order chi connectivity index (χ0) is 17.6. The Labute approximate surface area is 148 Å². The summed E-state index contributed by atoms with van der Waals surface area (Å²) >= 11 is 1.41. The molecule has 3 rings (SSSR count). The minimum Gasteiger partial charge on any atom is -0.477 e. The monoisotopic (exact) mass is 358 g/mol. The number of aromatic nitrogens is 2. The molecule has 0 aliphatic heterocycles. The maximum absolute atomic E-state index is 13.0. The predicted molar refractivity (Wildman–Crippen MR) is 92.0 cm³/mol. The van der Waals surface area contributed by atoms with E-state index >= 15 is 0 Å². The fourth-order valence-corrected chi connectivity index (χ4v) is 2.92. The van der Waals surface area contributed by atoms with Crippen LogP contribution in [-0.4, -0.2) is 22.5 Å². The zero-order valence-corrected chi connectivity index (χ0v) is 14.3. The second-order valence-corrected chi connectivity index (χ2v) is 5.87. The molecule has 0 spiro atoms. The summed E-state index contributed by atoms with van der Waals surface area (Å²) in [4.78, 5) is 20.7. The van der Waals surface area contributed by atoms with E-state index in [4.69, 9.17) is 9.47 Å². The van der Waals surface area contributed by atoms with E-state index < -0.39 is 5.97 Å². The third-order valence-corrected chi connectivity index (χ3v) is 4.21. The summed E-state index contributed by atoms with van der Waals surface area (Å²) in [6, 6.07) is 9.34. The molecule has 3 aromatic rings. The van der Waals surface area contributed by atoms with Crippen molar-refractivity contribution in [3.8, 4) is 16.5 Å². The highest BCUT2D eigenvalue weighted by Crippen LogP contribution is 2.24. The molecule has 0 amide bonds. The second-order valence-electron chi connectivity index (χ2n) is 5.02. The number of carbonyl (C=O) groups excluding carboxylic acids is 1. The van der Waals surface area contributed by atoms with Crippen molar-refractivity contribution in [2.24, 2.45) is 0 Å². The third kappa shape index (κ3) is 4.19. The number of nitrogens with zero attached hydrogens (tertiary/aromatic N) is 2. The minimum atomic E-state index is -0.520. The Bertz CT molecular complexity index is 865. The largest absolute Gasteiger partial charge is 0.477 e. The molecular formula is C18H15FN2O3S. The maximum atomic E-state index is 13.0. The summed E-state index contributed by atoms with van der Waals surface area (Å²) in [5, 5.41) is 2.54. The first-order valence-electron chi connectivity index (χ1n) is 7.62. The highest BCUT2D eigenvalue weighted by atomic mass is 32.1. The van der Waals surface area contributed by atoms with E-state index in [-0.39, 0.29) is 23.9 Å². The van der Waals surface area contributed by atoms with E-state index in [9.17, 15) is 9.18 Å². The van der Waals surface area contributed by atoms with Gasteiger partial charge in [-0.2, -0.15) is 0 Å². The van der Waals surface area contributed by atoms with Crippen LogP contribution in [0, 0.1) is 5.82 Å². The van der Waals surface area contributed by atoms with E-state index in [1.54, 1.807) is 35.8 Å². The molecule has 0 aliphatic rings. The van der Waals surface area contributed by atoms with Crippen molar-refractivity contribution in [2.45, 2.75) is 13.5 Å². The highest BCUT2D eigenvalue weighted by Gasteiger charge is 2.15. The molecule has 0 saturated carbocycles. The lowest BCUT2D eigenvalue weighted by Gasteiger charge is -2.07. The van der Waals surface area contributed by atoms with Gasteiger partial charge in [0.2, 0.25) is 5.88 Å². The predicted octanol–water partition coefficient (Wildman–Crippen LogP) is 4.10. The van der Waals surface area contributed by atoms with Crippen molar-refractivity contribution in [1.82, 2.24) is 9.97 Å². The number of carbonyl (C=O) groups is 1. The number of hydrogen-bond donors (Lipinski definition) is 0. The molecule has 2 aromatic heterocycles. The highest BCUT2D eigenvalue weighted by molar-refractivity contribution is 7.13. The molecule has 25 heavy (non-hydrogen) atoms. The Morgan fingerprint density at radius 2 is 2.04 bits per heavy atom.